The number of hydrogen-bond acceptors (Lipinski definition) is 3. The minimum Gasteiger partial charge on any atom is -0.395 e. The molecule has 104 valence electrons. The van der Waals surface area contributed by atoms with Crippen molar-refractivity contribution in [3.63, 3.8) is 0 Å². The van der Waals surface area contributed by atoms with E-state index in [9.17, 15) is 8.42 Å². The topological polar surface area (TPSA) is 78.4 Å². The van der Waals surface area contributed by atoms with Crippen molar-refractivity contribution < 1.29 is 13.5 Å². The van der Waals surface area contributed by atoms with Crippen molar-refractivity contribution in [2.24, 2.45) is 0 Å². The molecule has 0 saturated heterocycles. The highest BCUT2D eigenvalue weighted by Gasteiger charge is 2.39. The van der Waals surface area contributed by atoms with E-state index < -0.39 is 26.4 Å². The highest BCUT2D eigenvalue weighted by Crippen LogP contribution is 2.19. The second kappa shape index (κ2) is 5.94. The first kappa shape index (κ1) is 17.3. The zero-order valence-corrected chi connectivity index (χ0v) is 14.5. The third-order valence-electron chi connectivity index (χ3n) is 2.41. The van der Waals surface area contributed by atoms with Gasteiger partial charge in [0.2, 0.25) is 0 Å². The van der Waals surface area contributed by atoms with Crippen LogP contribution in [0, 0.1) is 0 Å². The average molecular weight is 299 g/mol. The van der Waals surface area contributed by atoms with Gasteiger partial charge in [-0.2, -0.15) is 8.42 Å². The molecule has 0 aromatic rings. The summed E-state index contributed by atoms with van der Waals surface area (Å²) < 4.78 is 28.7. The van der Waals surface area contributed by atoms with Crippen molar-refractivity contribution in [3.05, 3.63) is 0 Å². The van der Waals surface area contributed by atoms with Gasteiger partial charge in [-0.05, 0) is 0 Å². The first-order chi connectivity index (χ1) is 7.40. The molecule has 0 heterocycles. The van der Waals surface area contributed by atoms with Crippen LogP contribution in [0.3, 0.4) is 0 Å². The van der Waals surface area contributed by atoms with Crippen molar-refractivity contribution in [3.8, 4) is 0 Å². The van der Waals surface area contributed by atoms with E-state index in [1.807, 2.05) is 0 Å². The van der Waals surface area contributed by atoms with E-state index in [0.717, 1.165) is 0 Å². The maximum atomic E-state index is 11.8. The number of hydrogen-bond donors (Lipinski definition) is 3. The summed E-state index contributed by atoms with van der Waals surface area (Å²) in [4.78, 5) is 0. The van der Waals surface area contributed by atoms with Crippen LogP contribution in [0.4, 0.5) is 0 Å². The van der Waals surface area contributed by atoms with Crippen LogP contribution in [-0.2, 0) is 10.2 Å². The van der Waals surface area contributed by atoms with E-state index in [0.29, 0.717) is 0 Å². The van der Waals surface area contributed by atoms with E-state index in [-0.39, 0.29) is 18.4 Å². The van der Waals surface area contributed by atoms with Crippen LogP contribution in [0.2, 0.25) is 39.3 Å². The lowest BCUT2D eigenvalue weighted by atomic mass is 10.8. The molecular formula is C9H26N2O3SSi2. The summed E-state index contributed by atoms with van der Waals surface area (Å²) in [5.74, 6) is 0. The van der Waals surface area contributed by atoms with Crippen LogP contribution < -0.4 is 9.44 Å². The summed E-state index contributed by atoms with van der Waals surface area (Å²) in [6.07, 6.45) is 0. The van der Waals surface area contributed by atoms with Gasteiger partial charge < -0.3 is 5.11 Å². The molecule has 0 radical (unpaired) electrons. The SMILES string of the molecule is C[Si](C)(C)C(NS(=O)(=O)NCCO)[Si](C)(C)C. The number of aliphatic hydroxyl groups is 1. The normalized spacial score (nSPS) is 14.4. The van der Waals surface area contributed by atoms with Crippen molar-refractivity contribution in [1.29, 1.82) is 0 Å². The van der Waals surface area contributed by atoms with Gasteiger partial charge in [0.05, 0.1) is 22.8 Å². The van der Waals surface area contributed by atoms with Gasteiger partial charge in [0, 0.05) is 11.8 Å². The molecule has 0 aromatic carbocycles. The average Bonchev–Trinajstić information content (AvgIpc) is 2.08. The molecule has 0 fully saturated rings. The third kappa shape index (κ3) is 6.68. The molecule has 0 unspecified atom stereocenters. The Balaban J connectivity index is 4.91. The van der Waals surface area contributed by atoms with Gasteiger partial charge in [0.15, 0.2) is 0 Å². The minimum atomic E-state index is -3.50. The van der Waals surface area contributed by atoms with Crippen LogP contribution in [-0.4, -0.2) is 48.1 Å². The van der Waals surface area contributed by atoms with Gasteiger partial charge in [0.1, 0.15) is 0 Å². The van der Waals surface area contributed by atoms with Crippen LogP contribution >= 0.6 is 0 Å². The van der Waals surface area contributed by atoms with Gasteiger partial charge in [-0.15, -0.1) is 0 Å². The van der Waals surface area contributed by atoms with Crippen LogP contribution in [0.15, 0.2) is 0 Å². The van der Waals surface area contributed by atoms with Crippen LogP contribution in [0.25, 0.3) is 0 Å². The monoisotopic (exact) mass is 298 g/mol. The molecule has 0 aliphatic carbocycles. The fourth-order valence-corrected chi connectivity index (χ4v) is 16.9. The second-order valence-electron chi connectivity index (χ2n) is 6.40. The Kier molecular flexibility index (Phi) is 6.03. The standard InChI is InChI=1S/C9H26N2O3SSi2/c1-16(2,3)9(17(4,5)6)11-15(13,14)10-7-8-12/h9-12H,7-8H2,1-6H3. The molecule has 3 N–H and O–H groups in total. The Hall–Kier alpha value is 0.264. The predicted molar refractivity (Wildman–Crippen MR) is 77.6 cm³/mol. The highest BCUT2D eigenvalue weighted by molar-refractivity contribution is 7.87. The molecule has 0 aliphatic rings. The van der Waals surface area contributed by atoms with E-state index in [1.54, 1.807) is 0 Å². The lowest BCUT2D eigenvalue weighted by Gasteiger charge is -2.38. The summed E-state index contributed by atoms with van der Waals surface area (Å²) in [6.45, 7) is 12.9. The maximum absolute atomic E-state index is 11.8. The van der Waals surface area contributed by atoms with E-state index in [2.05, 4.69) is 48.7 Å². The summed E-state index contributed by atoms with van der Waals surface area (Å²) in [6, 6.07) is 0. The number of rotatable bonds is 7. The summed E-state index contributed by atoms with van der Waals surface area (Å²) in [5.41, 5.74) is 0. The highest BCUT2D eigenvalue weighted by atomic mass is 32.2. The molecular weight excluding hydrogens is 272 g/mol. The third-order valence-corrected chi connectivity index (χ3v) is 12.9. The van der Waals surface area contributed by atoms with Gasteiger partial charge in [-0.25, -0.2) is 9.44 Å². The Morgan fingerprint density at radius 2 is 1.47 bits per heavy atom. The van der Waals surface area contributed by atoms with E-state index in [4.69, 9.17) is 5.11 Å². The summed E-state index contributed by atoms with van der Waals surface area (Å²) >= 11 is 0. The lowest BCUT2D eigenvalue weighted by Crippen LogP contribution is -2.64. The van der Waals surface area contributed by atoms with Crippen molar-refractivity contribution in [2.75, 3.05) is 13.2 Å². The molecule has 0 aromatic heterocycles. The Bertz CT molecular complexity index is 319. The molecule has 0 atom stereocenters. The van der Waals surface area contributed by atoms with E-state index >= 15 is 0 Å². The van der Waals surface area contributed by atoms with Crippen molar-refractivity contribution in [2.45, 2.75) is 44.6 Å². The summed E-state index contributed by atoms with van der Waals surface area (Å²) in [5, 5.41) is 8.72. The molecule has 0 saturated carbocycles. The van der Waals surface area contributed by atoms with E-state index in [1.165, 1.54) is 0 Å². The second-order valence-corrected chi connectivity index (χ2v) is 19.1. The fourth-order valence-electron chi connectivity index (χ4n) is 2.03. The molecule has 0 rings (SSSR count). The Morgan fingerprint density at radius 1 is 1.06 bits per heavy atom. The van der Waals surface area contributed by atoms with Crippen molar-refractivity contribution >= 4 is 26.4 Å². The molecule has 17 heavy (non-hydrogen) atoms. The molecule has 8 heteroatoms. The zero-order chi connectivity index (χ0) is 13.9. The quantitative estimate of drug-likeness (QED) is 0.600. The molecule has 0 amide bonds. The Morgan fingerprint density at radius 3 is 1.76 bits per heavy atom. The smallest absolute Gasteiger partial charge is 0.276 e. The van der Waals surface area contributed by atoms with Crippen LogP contribution in [0.5, 0.6) is 0 Å². The maximum Gasteiger partial charge on any atom is 0.276 e. The van der Waals surface area contributed by atoms with Crippen molar-refractivity contribution in [1.82, 2.24) is 9.44 Å². The molecule has 0 aliphatic heterocycles. The first-order valence-electron chi connectivity index (χ1n) is 5.78. The summed E-state index contributed by atoms with van der Waals surface area (Å²) in [7, 11) is -6.70. The zero-order valence-electron chi connectivity index (χ0n) is 11.7. The van der Waals surface area contributed by atoms with Crippen LogP contribution in [0.1, 0.15) is 0 Å². The number of nitrogens with one attached hydrogen (secondary N) is 2. The molecule has 0 spiro atoms. The van der Waals surface area contributed by atoms with Gasteiger partial charge in [-0.3, -0.25) is 0 Å². The lowest BCUT2D eigenvalue weighted by molar-refractivity contribution is 0.300. The largest absolute Gasteiger partial charge is 0.395 e. The Labute approximate surface area is 107 Å². The molecule has 5 nitrogen and oxygen atoms in total. The minimum absolute atomic E-state index is 0.0550. The van der Waals surface area contributed by atoms with Gasteiger partial charge >= 0.3 is 0 Å². The fraction of sp³-hybridized carbons (Fsp3) is 1.00. The number of aliphatic hydroxyl groups excluding tert-OH is 1. The molecule has 0 bridgehead atoms. The van der Waals surface area contributed by atoms with Gasteiger partial charge in [0.25, 0.3) is 10.2 Å². The van der Waals surface area contributed by atoms with Gasteiger partial charge in [-0.1, -0.05) is 39.3 Å². The first-order valence-corrected chi connectivity index (χ1v) is 14.4. The predicted octanol–water partition coefficient (Wildman–Crippen LogP) is 0.526.